The van der Waals surface area contributed by atoms with E-state index in [4.69, 9.17) is 4.74 Å². The van der Waals surface area contributed by atoms with Crippen LogP contribution < -0.4 is 15.4 Å². The van der Waals surface area contributed by atoms with Gasteiger partial charge in [-0.25, -0.2) is 4.79 Å². The van der Waals surface area contributed by atoms with E-state index in [1.165, 1.54) is 4.90 Å². The van der Waals surface area contributed by atoms with Gasteiger partial charge in [-0.3, -0.25) is 9.69 Å². The number of carbonyl (C=O) groups is 2. The number of amides is 3. The Balaban J connectivity index is 1.94. The van der Waals surface area contributed by atoms with Gasteiger partial charge in [0.15, 0.2) is 0 Å². The van der Waals surface area contributed by atoms with Gasteiger partial charge < -0.3 is 15.4 Å². The number of hydrogen-bond acceptors (Lipinski definition) is 4. The zero-order valence-electron chi connectivity index (χ0n) is 15.5. The molecule has 2 heterocycles. The van der Waals surface area contributed by atoms with Gasteiger partial charge in [-0.15, -0.1) is 0 Å². The normalized spacial score (nSPS) is 24.3. The minimum atomic E-state index is -0.882. The lowest BCUT2D eigenvalue weighted by molar-refractivity contribution is -0.133. The summed E-state index contributed by atoms with van der Waals surface area (Å²) in [5.74, 6) is 0.753. The highest BCUT2D eigenvalue weighted by Gasteiger charge is 2.55. The van der Waals surface area contributed by atoms with Crippen LogP contribution in [0.5, 0.6) is 5.75 Å². The topological polar surface area (TPSA) is 70.7 Å². The molecule has 26 heavy (non-hydrogen) atoms. The number of methoxy groups -OCH3 is 1. The third-order valence-electron chi connectivity index (χ3n) is 5.38. The van der Waals surface area contributed by atoms with Crippen LogP contribution in [0.2, 0.25) is 0 Å². The van der Waals surface area contributed by atoms with Gasteiger partial charge in [0.05, 0.1) is 7.11 Å². The number of benzene rings is 1. The highest BCUT2D eigenvalue weighted by atomic mass is 16.5. The third kappa shape index (κ3) is 3.46. The van der Waals surface area contributed by atoms with Crippen molar-refractivity contribution in [1.82, 2.24) is 15.5 Å². The number of rotatable bonds is 6. The molecule has 0 saturated carbocycles. The van der Waals surface area contributed by atoms with Gasteiger partial charge in [-0.1, -0.05) is 24.3 Å². The molecule has 6 heteroatoms. The summed E-state index contributed by atoms with van der Waals surface area (Å²) in [6, 6.07) is 7.43. The van der Waals surface area contributed by atoms with E-state index >= 15 is 0 Å². The first-order valence-corrected chi connectivity index (χ1v) is 9.19. The molecule has 0 aromatic heterocycles. The van der Waals surface area contributed by atoms with Crippen LogP contribution in [0.3, 0.4) is 0 Å². The van der Waals surface area contributed by atoms with E-state index in [1.54, 1.807) is 7.11 Å². The van der Waals surface area contributed by atoms with Crippen LogP contribution in [0.4, 0.5) is 4.79 Å². The second-order valence-electron chi connectivity index (χ2n) is 6.94. The highest BCUT2D eigenvalue weighted by Crippen LogP contribution is 2.35. The monoisotopic (exact) mass is 357 g/mol. The molecule has 2 saturated heterocycles. The maximum Gasteiger partial charge on any atom is 0.325 e. The summed E-state index contributed by atoms with van der Waals surface area (Å²) in [5, 5.41) is 6.41. The Bertz CT molecular complexity index is 697. The number of carbonyl (C=O) groups excluding carboxylic acids is 2. The first-order valence-electron chi connectivity index (χ1n) is 9.19. The summed E-state index contributed by atoms with van der Waals surface area (Å²) in [5.41, 5.74) is 0.108. The molecular weight excluding hydrogens is 330 g/mol. The number of imide groups is 1. The van der Waals surface area contributed by atoms with Crippen LogP contribution in [-0.2, 0) is 11.2 Å². The lowest BCUT2D eigenvalue weighted by Crippen LogP contribution is -2.57. The molecule has 2 aliphatic heterocycles. The van der Waals surface area contributed by atoms with Gasteiger partial charge in [0.1, 0.15) is 11.3 Å². The van der Waals surface area contributed by atoms with E-state index in [-0.39, 0.29) is 17.9 Å². The minimum Gasteiger partial charge on any atom is -0.497 e. The Morgan fingerprint density at radius 3 is 2.77 bits per heavy atom. The molecule has 140 valence electrons. The molecular formula is C20H27N3O3. The van der Waals surface area contributed by atoms with Gasteiger partial charge >= 0.3 is 6.03 Å². The summed E-state index contributed by atoms with van der Waals surface area (Å²) < 4.78 is 5.32. The Hall–Kier alpha value is -2.34. The zero-order chi connectivity index (χ0) is 18.6. The maximum atomic E-state index is 13.4. The fraction of sp³-hybridized carbons (Fsp3) is 0.500. The first kappa shape index (κ1) is 18.5. The second-order valence-corrected chi connectivity index (χ2v) is 6.94. The number of allylic oxidation sites excluding steroid dienone is 1. The van der Waals surface area contributed by atoms with E-state index in [0.717, 1.165) is 37.2 Å². The van der Waals surface area contributed by atoms with Crippen molar-refractivity contribution < 1.29 is 14.3 Å². The molecule has 0 bridgehead atoms. The van der Waals surface area contributed by atoms with Crippen molar-refractivity contribution in [3.05, 3.63) is 42.0 Å². The summed E-state index contributed by atoms with van der Waals surface area (Å²) in [4.78, 5) is 27.3. The molecule has 2 fully saturated rings. The van der Waals surface area contributed by atoms with Crippen LogP contribution in [-0.4, -0.2) is 49.1 Å². The van der Waals surface area contributed by atoms with E-state index < -0.39 is 5.54 Å². The van der Waals surface area contributed by atoms with E-state index in [2.05, 4.69) is 10.6 Å². The van der Waals surface area contributed by atoms with Crippen LogP contribution in [0.1, 0.15) is 25.3 Å². The predicted molar refractivity (Wildman–Crippen MR) is 100 cm³/mol. The number of ether oxygens (including phenoxy) is 1. The van der Waals surface area contributed by atoms with Crippen molar-refractivity contribution in [2.75, 3.05) is 26.7 Å². The molecule has 0 spiro atoms. The molecule has 1 aromatic carbocycles. The Labute approximate surface area is 154 Å². The Kier molecular flexibility index (Phi) is 5.61. The van der Waals surface area contributed by atoms with Crippen LogP contribution in [0.15, 0.2) is 36.4 Å². The maximum absolute atomic E-state index is 13.4. The van der Waals surface area contributed by atoms with E-state index in [1.807, 2.05) is 43.3 Å². The number of nitrogens with zero attached hydrogens (tertiary/aromatic N) is 1. The van der Waals surface area contributed by atoms with Gasteiger partial charge in [0, 0.05) is 13.0 Å². The predicted octanol–water partition coefficient (Wildman–Crippen LogP) is 2.10. The van der Waals surface area contributed by atoms with Gasteiger partial charge in [-0.2, -0.15) is 0 Å². The number of nitrogens with one attached hydrogen (secondary N) is 2. The fourth-order valence-electron chi connectivity index (χ4n) is 3.98. The lowest BCUT2D eigenvalue weighted by Gasteiger charge is -2.38. The molecule has 3 rings (SSSR count). The quantitative estimate of drug-likeness (QED) is 0.604. The smallest absolute Gasteiger partial charge is 0.325 e. The van der Waals surface area contributed by atoms with Gasteiger partial charge in [0.2, 0.25) is 0 Å². The average Bonchev–Trinajstić information content (AvgIpc) is 2.91. The average molecular weight is 357 g/mol. The lowest BCUT2D eigenvalue weighted by atomic mass is 9.74. The van der Waals surface area contributed by atoms with E-state index in [0.29, 0.717) is 13.0 Å². The molecule has 2 aliphatic rings. The largest absolute Gasteiger partial charge is 0.497 e. The Morgan fingerprint density at radius 2 is 2.08 bits per heavy atom. The summed E-state index contributed by atoms with van der Waals surface area (Å²) >= 11 is 0. The van der Waals surface area contributed by atoms with Crippen molar-refractivity contribution in [2.45, 2.75) is 31.7 Å². The van der Waals surface area contributed by atoms with Crippen molar-refractivity contribution in [2.24, 2.45) is 5.92 Å². The Morgan fingerprint density at radius 1 is 1.31 bits per heavy atom. The summed E-state index contributed by atoms with van der Waals surface area (Å²) in [6.07, 6.45) is 5.90. The molecule has 0 radical (unpaired) electrons. The molecule has 0 aliphatic carbocycles. The van der Waals surface area contributed by atoms with Gasteiger partial charge in [0.25, 0.3) is 5.91 Å². The van der Waals surface area contributed by atoms with E-state index in [9.17, 15) is 9.59 Å². The molecule has 6 nitrogen and oxygen atoms in total. The standard InChI is InChI=1S/C20H27N3O3/c1-3-4-12-23-18(24)20(22-19(23)25,16-8-10-21-11-9-16)14-15-6-5-7-17(13-15)26-2/h3-7,13,16,21H,8-12,14H2,1-2H3,(H,22,25)/b4-3+. The van der Waals surface area contributed by atoms with Crippen LogP contribution >= 0.6 is 0 Å². The van der Waals surface area contributed by atoms with Crippen molar-refractivity contribution in [3.63, 3.8) is 0 Å². The van der Waals surface area contributed by atoms with Crippen molar-refractivity contribution in [1.29, 1.82) is 0 Å². The molecule has 1 unspecified atom stereocenters. The number of hydrogen-bond donors (Lipinski definition) is 2. The van der Waals surface area contributed by atoms with Crippen LogP contribution in [0, 0.1) is 5.92 Å². The van der Waals surface area contributed by atoms with Gasteiger partial charge in [-0.05, 0) is 56.5 Å². The first-order chi connectivity index (χ1) is 12.6. The molecule has 1 atom stereocenters. The fourth-order valence-corrected chi connectivity index (χ4v) is 3.98. The minimum absolute atomic E-state index is 0.113. The zero-order valence-corrected chi connectivity index (χ0v) is 15.5. The SMILES string of the molecule is C/C=C/CN1C(=O)NC(Cc2cccc(OC)c2)(C2CCNCC2)C1=O. The number of urea groups is 1. The molecule has 1 aromatic rings. The molecule has 2 N–H and O–H groups in total. The van der Waals surface area contributed by atoms with Crippen LogP contribution in [0.25, 0.3) is 0 Å². The summed E-state index contributed by atoms with van der Waals surface area (Å²) in [6.45, 7) is 3.92. The van der Waals surface area contributed by atoms with Crippen molar-refractivity contribution in [3.8, 4) is 5.75 Å². The third-order valence-corrected chi connectivity index (χ3v) is 5.38. The van der Waals surface area contributed by atoms with Crippen molar-refractivity contribution >= 4 is 11.9 Å². The summed E-state index contributed by atoms with van der Waals surface area (Å²) in [7, 11) is 1.63. The second kappa shape index (κ2) is 7.91. The number of piperidine rings is 1. The highest BCUT2D eigenvalue weighted by molar-refractivity contribution is 6.07. The molecule has 3 amide bonds.